The van der Waals surface area contributed by atoms with Crippen LogP contribution in [-0.4, -0.2) is 21.7 Å². The van der Waals surface area contributed by atoms with Gasteiger partial charge in [-0.05, 0) is 54.7 Å². The predicted octanol–water partition coefficient (Wildman–Crippen LogP) is 4.02. The quantitative estimate of drug-likeness (QED) is 0.557. The lowest BCUT2D eigenvalue weighted by molar-refractivity contribution is -0.384. The molecule has 0 radical (unpaired) electrons. The number of rotatable bonds is 5. The van der Waals surface area contributed by atoms with Gasteiger partial charge in [0.05, 0.1) is 10.6 Å². The molecule has 0 saturated heterocycles. The van der Waals surface area contributed by atoms with Gasteiger partial charge in [-0.2, -0.15) is 0 Å². The summed E-state index contributed by atoms with van der Waals surface area (Å²) in [4.78, 5) is 22.7. The smallest absolute Gasteiger partial charge is 0.269 e. The van der Waals surface area contributed by atoms with E-state index >= 15 is 0 Å². The minimum absolute atomic E-state index is 0.0848. The maximum atomic E-state index is 12.4. The number of pyridine rings is 1. The summed E-state index contributed by atoms with van der Waals surface area (Å²) in [6.07, 6.45) is 5.23. The number of hydrogen-bond donors (Lipinski definition) is 1. The monoisotopic (exact) mass is 349 g/mol. The Bertz CT molecular complexity index is 989. The number of nitro benzene ring substituents is 1. The second kappa shape index (κ2) is 6.63. The summed E-state index contributed by atoms with van der Waals surface area (Å²) in [6, 6.07) is 12.4. The number of hydrogen-bond acceptors (Lipinski definition) is 4. The van der Waals surface area contributed by atoms with E-state index in [-0.39, 0.29) is 11.5 Å². The molecule has 6 heteroatoms. The minimum atomic E-state index is -0.402. The molecule has 3 aromatic rings. The van der Waals surface area contributed by atoms with E-state index in [1.165, 1.54) is 23.3 Å². The van der Waals surface area contributed by atoms with Crippen molar-refractivity contribution in [2.75, 3.05) is 11.9 Å². The van der Waals surface area contributed by atoms with Gasteiger partial charge in [-0.25, -0.2) is 0 Å². The summed E-state index contributed by atoms with van der Waals surface area (Å²) < 4.78 is 2.03. The van der Waals surface area contributed by atoms with Crippen molar-refractivity contribution < 1.29 is 9.72 Å². The standard InChI is InChI=1S/C20H19N3O3/c24-19-6-3-4-17-16(18-5-1-2-13-22(18)20(17)19)11-12-21-14-7-9-15(10-8-14)23(25)26/h1-2,5,7-10,13,21H,3-4,6,11-12H2. The number of carbonyl (C=O) groups is 1. The Balaban J connectivity index is 1.56. The highest BCUT2D eigenvalue weighted by atomic mass is 16.6. The molecule has 26 heavy (non-hydrogen) atoms. The van der Waals surface area contributed by atoms with Crippen molar-refractivity contribution in [2.24, 2.45) is 0 Å². The van der Waals surface area contributed by atoms with E-state index in [4.69, 9.17) is 0 Å². The van der Waals surface area contributed by atoms with Crippen molar-refractivity contribution in [3.05, 3.63) is 75.6 Å². The normalized spacial score (nSPS) is 13.6. The summed E-state index contributed by atoms with van der Waals surface area (Å²) >= 11 is 0. The van der Waals surface area contributed by atoms with E-state index in [9.17, 15) is 14.9 Å². The zero-order valence-corrected chi connectivity index (χ0v) is 14.3. The van der Waals surface area contributed by atoms with E-state index < -0.39 is 4.92 Å². The van der Waals surface area contributed by atoms with Gasteiger partial charge in [0, 0.05) is 42.5 Å². The van der Waals surface area contributed by atoms with E-state index in [0.29, 0.717) is 13.0 Å². The summed E-state index contributed by atoms with van der Waals surface area (Å²) in [5.74, 6) is 0.224. The van der Waals surface area contributed by atoms with Gasteiger partial charge in [0.25, 0.3) is 5.69 Å². The molecule has 1 aliphatic carbocycles. The number of benzene rings is 1. The topological polar surface area (TPSA) is 76.6 Å². The highest BCUT2D eigenvalue weighted by molar-refractivity contribution is 5.99. The third-order valence-electron chi connectivity index (χ3n) is 4.94. The maximum absolute atomic E-state index is 12.4. The number of nitrogens with zero attached hydrogens (tertiary/aromatic N) is 2. The highest BCUT2D eigenvalue weighted by Crippen LogP contribution is 2.30. The van der Waals surface area contributed by atoms with Gasteiger partial charge in [-0.15, -0.1) is 0 Å². The molecule has 0 bridgehead atoms. The second-order valence-electron chi connectivity index (χ2n) is 6.52. The van der Waals surface area contributed by atoms with Crippen LogP contribution in [0.1, 0.15) is 34.5 Å². The molecular formula is C20H19N3O3. The molecule has 0 spiro atoms. The minimum Gasteiger partial charge on any atom is -0.385 e. The fourth-order valence-corrected chi connectivity index (χ4v) is 3.75. The Morgan fingerprint density at radius 2 is 1.92 bits per heavy atom. The molecule has 0 atom stereocenters. The third-order valence-corrected chi connectivity index (χ3v) is 4.94. The summed E-state index contributed by atoms with van der Waals surface area (Å²) in [7, 11) is 0. The van der Waals surface area contributed by atoms with Crippen molar-refractivity contribution in [3.63, 3.8) is 0 Å². The summed E-state index contributed by atoms with van der Waals surface area (Å²) in [5.41, 5.74) is 5.28. The summed E-state index contributed by atoms with van der Waals surface area (Å²) in [5, 5.41) is 14.0. The molecular weight excluding hydrogens is 330 g/mol. The van der Waals surface area contributed by atoms with Crippen LogP contribution in [0.4, 0.5) is 11.4 Å². The zero-order chi connectivity index (χ0) is 18.1. The van der Waals surface area contributed by atoms with Crippen molar-refractivity contribution in [1.82, 2.24) is 4.40 Å². The van der Waals surface area contributed by atoms with Crippen LogP contribution in [0.3, 0.4) is 0 Å². The van der Waals surface area contributed by atoms with Gasteiger partial charge in [-0.1, -0.05) is 6.07 Å². The molecule has 1 aromatic carbocycles. The van der Waals surface area contributed by atoms with Gasteiger partial charge in [-0.3, -0.25) is 14.9 Å². The van der Waals surface area contributed by atoms with Crippen molar-refractivity contribution >= 4 is 22.7 Å². The molecule has 0 saturated carbocycles. The van der Waals surface area contributed by atoms with Gasteiger partial charge in [0.1, 0.15) is 0 Å². The number of aromatic nitrogens is 1. The molecule has 2 heterocycles. The first-order valence-electron chi connectivity index (χ1n) is 8.77. The van der Waals surface area contributed by atoms with E-state index in [1.54, 1.807) is 12.1 Å². The van der Waals surface area contributed by atoms with Crippen LogP contribution in [0.25, 0.3) is 5.52 Å². The first kappa shape index (κ1) is 16.3. The maximum Gasteiger partial charge on any atom is 0.269 e. The van der Waals surface area contributed by atoms with Crippen LogP contribution in [0.5, 0.6) is 0 Å². The van der Waals surface area contributed by atoms with Crippen LogP contribution in [0.15, 0.2) is 48.7 Å². The first-order chi connectivity index (χ1) is 12.6. The molecule has 6 nitrogen and oxygen atoms in total. The third kappa shape index (κ3) is 2.83. The largest absolute Gasteiger partial charge is 0.385 e. The van der Waals surface area contributed by atoms with Crippen LogP contribution in [-0.2, 0) is 12.8 Å². The highest BCUT2D eigenvalue weighted by Gasteiger charge is 2.25. The molecule has 1 aliphatic rings. The Morgan fingerprint density at radius 1 is 1.12 bits per heavy atom. The van der Waals surface area contributed by atoms with Gasteiger partial charge < -0.3 is 9.72 Å². The van der Waals surface area contributed by atoms with Gasteiger partial charge >= 0.3 is 0 Å². The fraction of sp³-hybridized carbons (Fsp3) is 0.250. The molecule has 0 amide bonds. The van der Waals surface area contributed by atoms with Crippen molar-refractivity contribution in [1.29, 1.82) is 0 Å². The van der Waals surface area contributed by atoms with Crippen LogP contribution < -0.4 is 5.32 Å². The Hall–Kier alpha value is -3.15. The van der Waals surface area contributed by atoms with Crippen LogP contribution >= 0.6 is 0 Å². The molecule has 0 aliphatic heterocycles. The number of carbonyl (C=O) groups excluding carboxylic acids is 1. The van der Waals surface area contributed by atoms with E-state index in [0.717, 1.165) is 36.2 Å². The number of non-ortho nitro benzene ring substituents is 1. The Labute approximate surface area is 150 Å². The molecule has 1 N–H and O–H groups in total. The second-order valence-corrected chi connectivity index (χ2v) is 6.52. The average Bonchev–Trinajstić information content (AvgIpc) is 2.97. The zero-order valence-electron chi connectivity index (χ0n) is 14.3. The lowest BCUT2D eigenvalue weighted by Gasteiger charge is -2.13. The van der Waals surface area contributed by atoms with Gasteiger partial charge in [0.15, 0.2) is 5.78 Å². The predicted molar refractivity (Wildman–Crippen MR) is 100.0 cm³/mol. The van der Waals surface area contributed by atoms with Crippen LogP contribution in [0.2, 0.25) is 0 Å². The number of anilines is 1. The Morgan fingerprint density at radius 3 is 2.69 bits per heavy atom. The lowest BCUT2D eigenvalue weighted by atomic mass is 9.92. The molecule has 4 rings (SSSR count). The SMILES string of the molecule is O=C1CCCc2c(CCNc3ccc([N+](=O)[O-])cc3)c3ccccn3c21. The Kier molecular flexibility index (Phi) is 4.16. The molecule has 0 unspecified atom stereocenters. The van der Waals surface area contributed by atoms with E-state index in [2.05, 4.69) is 11.4 Å². The van der Waals surface area contributed by atoms with Crippen molar-refractivity contribution in [2.45, 2.75) is 25.7 Å². The van der Waals surface area contributed by atoms with Crippen molar-refractivity contribution in [3.8, 4) is 0 Å². The number of ketones is 1. The number of fused-ring (bicyclic) bond motifs is 3. The molecule has 0 fully saturated rings. The molecule has 132 valence electrons. The fourth-order valence-electron chi connectivity index (χ4n) is 3.75. The van der Waals surface area contributed by atoms with Gasteiger partial charge in [0.2, 0.25) is 0 Å². The summed E-state index contributed by atoms with van der Waals surface area (Å²) in [6.45, 7) is 0.701. The van der Waals surface area contributed by atoms with Crippen LogP contribution in [0, 0.1) is 10.1 Å². The number of nitro groups is 1. The van der Waals surface area contributed by atoms with E-state index in [1.807, 2.05) is 22.7 Å². The number of Topliss-reactive ketones (excluding diaryl/α,β-unsaturated/α-hetero) is 1. The molecule has 2 aromatic heterocycles. The average molecular weight is 349 g/mol. The number of nitrogens with one attached hydrogen (secondary N) is 1. The lowest BCUT2D eigenvalue weighted by Crippen LogP contribution is -2.13. The first-order valence-corrected chi connectivity index (χ1v) is 8.77.